The van der Waals surface area contributed by atoms with Gasteiger partial charge in [-0.15, -0.1) is 0 Å². The van der Waals surface area contributed by atoms with Gasteiger partial charge in [0.2, 0.25) is 0 Å². The minimum atomic E-state index is 0.920. The highest BCUT2D eigenvalue weighted by atomic mass is 14.6. The fraction of sp³-hybridized carbons (Fsp3) is 0.400. The normalized spacial score (nSPS) is 11.2. The number of nitrogens with two attached hydrogens (primary N) is 2. The van der Waals surface area contributed by atoms with Gasteiger partial charge in [0.25, 0.3) is 0 Å². The van der Waals surface area contributed by atoms with E-state index in [1.165, 1.54) is 120 Å². The maximum absolute atomic E-state index is 6.12. The largest absolute Gasteiger partial charge is 0.398 e. The molecule has 0 bridgehead atoms. The minimum Gasteiger partial charge on any atom is -0.398 e. The molecule has 2 heteroatoms. The average molecular weight is 561 g/mol. The first kappa shape index (κ1) is 31.4. The first-order valence-corrected chi connectivity index (χ1v) is 16.2. The summed E-state index contributed by atoms with van der Waals surface area (Å²) in [5.74, 6) is 0. The van der Waals surface area contributed by atoms with Gasteiger partial charge in [0, 0.05) is 11.4 Å². The zero-order chi connectivity index (χ0) is 29.9. The van der Waals surface area contributed by atoms with Gasteiger partial charge in [-0.25, -0.2) is 0 Å². The van der Waals surface area contributed by atoms with Crippen molar-refractivity contribution in [1.82, 2.24) is 0 Å². The van der Waals surface area contributed by atoms with E-state index in [9.17, 15) is 0 Å². The van der Waals surface area contributed by atoms with Crippen LogP contribution in [0.15, 0.2) is 72.8 Å². The van der Waals surface area contributed by atoms with E-state index in [2.05, 4.69) is 100 Å². The van der Waals surface area contributed by atoms with E-state index in [0.29, 0.717) is 0 Å². The molecule has 0 saturated heterocycles. The Kier molecular flexibility index (Phi) is 11.7. The highest BCUT2D eigenvalue weighted by Crippen LogP contribution is 2.23. The number of rotatable bonds is 15. The fourth-order valence-electron chi connectivity index (χ4n) is 6.17. The Balaban J connectivity index is 1.03. The van der Waals surface area contributed by atoms with E-state index < -0.39 is 0 Å². The molecule has 42 heavy (non-hydrogen) atoms. The Morgan fingerprint density at radius 1 is 0.357 bits per heavy atom. The Bertz CT molecular complexity index is 1260. The second-order valence-corrected chi connectivity index (χ2v) is 12.6. The Morgan fingerprint density at radius 2 is 0.619 bits per heavy atom. The molecule has 0 aliphatic heterocycles. The third-order valence-electron chi connectivity index (χ3n) is 8.85. The monoisotopic (exact) mass is 560 g/mol. The lowest BCUT2D eigenvalue weighted by Crippen LogP contribution is -1.97. The summed E-state index contributed by atoms with van der Waals surface area (Å²) in [6.07, 6.45) is 15.1. The lowest BCUT2D eigenvalue weighted by Gasteiger charge is -2.10. The summed E-state index contributed by atoms with van der Waals surface area (Å²) in [5, 5.41) is 0. The topological polar surface area (TPSA) is 52.0 Å². The van der Waals surface area contributed by atoms with Crippen molar-refractivity contribution in [2.24, 2.45) is 0 Å². The van der Waals surface area contributed by atoms with Crippen LogP contribution < -0.4 is 11.5 Å². The van der Waals surface area contributed by atoms with Crippen LogP contribution >= 0.6 is 0 Å². The summed E-state index contributed by atoms with van der Waals surface area (Å²) in [4.78, 5) is 0. The molecule has 0 aromatic heterocycles. The van der Waals surface area contributed by atoms with E-state index in [-0.39, 0.29) is 0 Å². The van der Waals surface area contributed by atoms with E-state index in [1.54, 1.807) is 0 Å². The van der Waals surface area contributed by atoms with Gasteiger partial charge >= 0.3 is 0 Å². The lowest BCUT2D eigenvalue weighted by molar-refractivity contribution is 0.567. The van der Waals surface area contributed by atoms with Gasteiger partial charge in [0.1, 0.15) is 0 Å². The second kappa shape index (κ2) is 15.6. The summed E-state index contributed by atoms with van der Waals surface area (Å²) in [6.45, 7) is 8.40. The van der Waals surface area contributed by atoms with Crippen LogP contribution in [0.25, 0.3) is 0 Å². The van der Waals surface area contributed by atoms with Crippen molar-refractivity contribution in [3.63, 3.8) is 0 Å². The zero-order valence-electron chi connectivity index (χ0n) is 26.6. The predicted octanol–water partition coefficient (Wildman–Crippen LogP) is 10.2. The number of nitrogen functional groups attached to an aromatic ring is 2. The van der Waals surface area contributed by atoms with Crippen LogP contribution in [0.5, 0.6) is 0 Å². The number of anilines is 2. The number of unbranched alkanes of at least 4 members (excludes halogenated alkanes) is 7. The molecule has 222 valence electrons. The molecule has 4 aromatic carbocycles. The van der Waals surface area contributed by atoms with Gasteiger partial charge in [0.15, 0.2) is 0 Å². The van der Waals surface area contributed by atoms with Crippen LogP contribution in [0, 0.1) is 27.7 Å². The van der Waals surface area contributed by atoms with Crippen molar-refractivity contribution in [3.8, 4) is 0 Å². The first-order chi connectivity index (χ1) is 20.3. The summed E-state index contributed by atoms with van der Waals surface area (Å²) >= 11 is 0. The van der Waals surface area contributed by atoms with Gasteiger partial charge in [-0.3, -0.25) is 0 Å². The van der Waals surface area contributed by atoms with Gasteiger partial charge in [-0.1, -0.05) is 111 Å². The highest BCUT2D eigenvalue weighted by Gasteiger charge is 2.05. The van der Waals surface area contributed by atoms with Crippen LogP contribution in [-0.2, 0) is 25.7 Å². The molecule has 4 N–H and O–H groups in total. The number of hydrogen-bond acceptors (Lipinski definition) is 2. The van der Waals surface area contributed by atoms with Gasteiger partial charge in [-0.2, -0.15) is 0 Å². The second-order valence-electron chi connectivity index (χ2n) is 12.6. The maximum Gasteiger partial charge on any atom is 0.0373 e. The first-order valence-electron chi connectivity index (χ1n) is 16.2. The quantitative estimate of drug-likeness (QED) is 0.112. The maximum atomic E-state index is 6.12. The zero-order valence-corrected chi connectivity index (χ0v) is 26.6. The van der Waals surface area contributed by atoms with E-state index in [4.69, 9.17) is 11.5 Å². The summed E-state index contributed by atoms with van der Waals surface area (Å²) in [5.41, 5.74) is 27.2. The van der Waals surface area contributed by atoms with E-state index in [0.717, 1.165) is 24.2 Å². The van der Waals surface area contributed by atoms with Crippen molar-refractivity contribution >= 4 is 11.4 Å². The van der Waals surface area contributed by atoms with Crippen LogP contribution in [0.2, 0.25) is 0 Å². The van der Waals surface area contributed by atoms with E-state index >= 15 is 0 Å². The van der Waals surface area contributed by atoms with Crippen LogP contribution in [0.1, 0.15) is 107 Å². The molecular formula is C40H52N2. The molecule has 0 spiro atoms. The van der Waals surface area contributed by atoms with Gasteiger partial charge < -0.3 is 11.5 Å². The van der Waals surface area contributed by atoms with Crippen molar-refractivity contribution in [1.29, 1.82) is 0 Å². The van der Waals surface area contributed by atoms with Crippen molar-refractivity contribution in [3.05, 3.63) is 128 Å². The standard InChI is InChI=1S/C40H52N2/c1-29-23-37(24-30(2)39(29)41)27-35-19-15-33(16-20-35)13-11-9-7-5-6-8-10-12-14-34-17-21-36(22-18-34)28-38-25-31(3)40(42)32(4)26-38/h15-26H,5-14,27-28,41-42H2,1-4H3. The lowest BCUT2D eigenvalue weighted by atomic mass is 9.97. The summed E-state index contributed by atoms with van der Waals surface area (Å²) < 4.78 is 0. The van der Waals surface area contributed by atoms with Crippen LogP contribution in [0.3, 0.4) is 0 Å². The van der Waals surface area contributed by atoms with Crippen molar-refractivity contribution in [2.45, 2.75) is 105 Å². The van der Waals surface area contributed by atoms with E-state index in [1.807, 2.05) is 0 Å². The highest BCUT2D eigenvalue weighted by molar-refractivity contribution is 5.55. The molecule has 0 aliphatic carbocycles. The number of hydrogen-bond donors (Lipinski definition) is 2. The molecule has 0 fully saturated rings. The van der Waals surface area contributed by atoms with Crippen LogP contribution in [-0.4, -0.2) is 0 Å². The third kappa shape index (κ3) is 9.51. The minimum absolute atomic E-state index is 0.920. The number of benzene rings is 4. The van der Waals surface area contributed by atoms with Gasteiger partial charge in [-0.05, 0) is 122 Å². The smallest absolute Gasteiger partial charge is 0.0373 e. The molecule has 0 aliphatic rings. The molecule has 0 heterocycles. The van der Waals surface area contributed by atoms with Crippen LogP contribution in [0.4, 0.5) is 11.4 Å². The molecule has 0 unspecified atom stereocenters. The summed E-state index contributed by atoms with van der Waals surface area (Å²) in [7, 11) is 0. The Hall–Kier alpha value is -3.52. The average Bonchev–Trinajstić information content (AvgIpc) is 2.97. The molecule has 0 amide bonds. The summed E-state index contributed by atoms with van der Waals surface area (Å²) in [6, 6.07) is 27.4. The number of aryl methyl sites for hydroxylation is 6. The molecule has 4 aromatic rings. The SMILES string of the molecule is Cc1cc(Cc2ccc(CCCCCCCCCCc3ccc(Cc4cc(C)c(N)c(C)c4)cc3)cc2)cc(C)c1N. The molecule has 0 radical (unpaired) electrons. The Morgan fingerprint density at radius 3 is 0.929 bits per heavy atom. The third-order valence-corrected chi connectivity index (χ3v) is 8.85. The molecule has 0 saturated carbocycles. The molecular weight excluding hydrogens is 508 g/mol. The Labute approximate surface area is 255 Å². The predicted molar refractivity (Wildman–Crippen MR) is 183 cm³/mol. The molecule has 0 atom stereocenters. The van der Waals surface area contributed by atoms with Crippen molar-refractivity contribution < 1.29 is 0 Å². The molecule has 2 nitrogen and oxygen atoms in total. The fourth-order valence-corrected chi connectivity index (χ4v) is 6.17. The van der Waals surface area contributed by atoms with Gasteiger partial charge in [0.05, 0.1) is 0 Å². The molecule has 4 rings (SSSR count). The van der Waals surface area contributed by atoms with Crippen molar-refractivity contribution in [2.75, 3.05) is 11.5 Å².